The Morgan fingerprint density at radius 2 is 1.44 bits per heavy atom. The third kappa shape index (κ3) is 4.90. The van der Waals surface area contributed by atoms with Crippen LogP contribution in [-0.4, -0.2) is 22.2 Å². The molecule has 0 saturated heterocycles. The van der Waals surface area contributed by atoms with Crippen molar-refractivity contribution in [3.05, 3.63) is 112 Å². The molecular weight excluding hydrogens is 428 g/mol. The number of carboxylic acids is 1. The van der Waals surface area contributed by atoms with Gasteiger partial charge in [0, 0.05) is 11.4 Å². The van der Waals surface area contributed by atoms with Crippen molar-refractivity contribution in [1.29, 1.82) is 0 Å². The lowest BCUT2D eigenvalue weighted by atomic mass is 9.98. The molecule has 6 heteroatoms. The van der Waals surface area contributed by atoms with Crippen molar-refractivity contribution in [2.24, 2.45) is 0 Å². The molecule has 0 bridgehead atoms. The summed E-state index contributed by atoms with van der Waals surface area (Å²) >= 11 is 5.87. The normalized spacial score (nSPS) is 10.8. The van der Waals surface area contributed by atoms with Crippen LogP contribution in [0.4, 0.5) is 0 Å². The number of halogens is 1. The van der Waals surface area contributed by atoms with Crippen LogP contribution >= 0.6 is 11.6 Å². The summed E-state index contributed by atoms with van der Waals surface area (Å²) in [5.41, 5.74) is 2.99. The zero-order chi connectivity index (χ0) is 22.7. The number of carbonyl (C=O) groups is 2. The highest BCUT2D eigenvalue weighted by molar-refractivity contribution is 6.30. The number of carboxylic acid groups (broad SMARTS) is 1. The van der Waals surface area contributed by atoms with Gasteiger partial charge in [0.15, 0.2) is 0 Å². The van der Waals surface area contributed by atoms with Gasteiger partial charge in [-0.1, -0.05) is 41.9 Å². The van der Waals surface area contributed by atoms with Crippen LogP contribution < -0.4 is 0 Å². The summed E-state index contributed by atoms with van der Waals surface area (Å²) in [6, 6.07) is 22.2. The van der Waals surface area contributed by atoms with Crippen LogP contribution in [0, 0.1) is 0 Å². The Balaban J connectivity index is 1.53. The predicted molar refractivity (Wildman–Crippen MR) is 122 cm³/mol. The first kappa shape index (κ1) is 21.4. The number of aromatic hydroxyl groups is 1. The van der Waals surface area contributed by atoms with E-state index in [0.29, 0.717) is 22.6 Å². The molecule has 0 fully saturated rings. The first-order valence-electron chi connectivity index (χ1n) is 9.88. The SMILES string of the molecule is O=C(O)c1ccc(Cc2cc3cc(C(=O)OCc4ccc(Cl)cc4)ccc3cc2O)cc1. The number of carbonyl (C=O) groups excluding carboxylic acids is 1. The number of hydrogen-bond donors (Lipinski definition) is 2. The maximum absolute atomic E-state index is 12.5. The number of aromatic carboxylic acids is 1. The van der Waals surface area contributed by atoms with Crippen LogP contribution in [0.3, 0.4) is 0 Å². The molecule has 160 valence electrons. The zero-order valence-electron chi connectivity index (χ0n) is 16.9. The highest BCUT2D eigenvalue weighted by atomic mass is 35.5. The zero-order valence-corrected chi connectivity index (χ0v) is 17.7. The van der Waals surface area contributed by atoms with Gasteiger partial charge in [-0.25, -0.2) is 9.59 Å². The number of benzene rings is 4. The molecule has 5 nitrogen and oxygen atoms in total. The molecule has 4 rings (SSSR count). The second-order valence-corrected chi connectivity index (χ2v) is 7.86. The van der Waals surface area contributed by atoms with Crippen LogP contribution in [-0.2, 0) is 17.8 Å². The molecule has 32 heavy (non-hydrogen) atoms. The van der Waals surface area contributed by atoms with E-state index in [9.17, 15) is 14.7 Å². The van der Waals surface area contributed by atoms with Crippen molar-refractivity contribution in [3.8, 4) is 5.75 Å². The quantitative estimate of drug-likeness (QED) is 0.363. The van der Waals surface area contributed by atoms with Crippen LogP contribution in [0.5, 0.6) is 5.75 Å². The Kier molecular flexibility index (Phi) is 6.10. The molecule has 0 heterocycles. The number of rotatable bonds is 6. The molecule has 0 aliphatic heterocycles. The van der Waals surface area contributed by atoms with E-state index < -0.39 is 11.9 Å². The third-order valence-electron chi connectivity index (χ3n) is 5.15. The fourth-order valence-electron chi connectivity index (χ4n) is 3.40. The molecule has 2 N–H and O–H groups in total. The molecule has 0 atom stereocenters. The minimum atomic E-state index is -0.986. The number of fused-ring (bicyclic) bond motifs is 1. The van der Waals surface area contributed by atoms with E-state index in [1.165, 1.54) is 12.1 Å². The van der Waals surface area contributed by atoms with Gasteiger partial charge in [-0.05, 0) is 76.0 Å². The molecule has 4 aromatic carbocycles. The molecule has 0 amide bonds. The maximum Gasteiger partial charge on any atom is 0.338 e. The molecule has 0 radical (unpaired) electrons. The van der Waals surface area contributed by atoms with E-state index in [1.807, 2.05) is 6.07 Å². The van der Waals surface area contributed by atoms with Crippen molar-refractivity contribution in [1.82, 2.24) is 0 Å². The fourth-order valence-corrected chi connectivity index (χ4v) is 3.53. The van der Waals surface area contributed by atoms with E-state index in [0.717, 1.165) is 21.9 Å². The van der Waals surface area contributed by atoms with Gasteiger partial charge in [0.1, 0.15) is 12.4 Å². The van der Waals surface area contributed by atoms with Gasteiger partial charge in [0.25, 0.3) is 0 Å². The molecule has 0 saturated carbocycles. The average molecular weight is 447 g/mol. The van der Waals surface area contributed by atoms with Gasteiger partial charge in [-0.15, -0.1) is 0 Å². The summed E-state index contributed by atoms with van der Waals surface area (Å²) in [7, 11) is 0. The van der Waals surface area contributed by atoms with Crippen LogP contribution in [0.1, 0.15) is 37.4 Å². The number of hydrogen-bond acceptors (Lipinski definition) is 4. The van der Waals surface area contributed by atoms with Crippen LogP contribution in [0.2, 0.25) is 5.02 Å². The summed E-state index contributed by atoms with van der Waals surface area (Å²) in [6.07, 6.45) is 0.424. The van der Waals surface area contributed by atoms with Crippen molar-refractivity contribution in [2.75, 3.05) is 0 Å². The number of phenols is 1. The summed E-state index contributed by atoms with van der Waals surface area (Å²) in [5, 5.41) is 21.7. The summed E-state index contributed by atoms with van der Waals surface area (Å²) in [5.74, 6) is -1.29. The monoisotopic (exact) mass is 446 g/mol. The largest absolute Gasteiger partial charge is 0.508 e. The second kappa shape index (κ2) is 9.12. The minimum absolute atomic E-state index is 0.137. The van der Waals surface area contributed by atoms with Gasteiger partial charge in [-0.2, -0.15) is 0 Å². The van der Waals surface area contributed by atoms with E-state index in [1.54, 1.807) is 60.7 Å². The van der Waals surface area contributed by atoms with E-state index in [4.69, 9.17) is 21.4 Å². The third-order valence-corrected chi connectivity index (χ3v) is 5.40. The summed E-state index contributed by atoms with van der Waals surface area (Å²) in [6.45, 7) is 0.140. The Morgan fingerprint density at radius 3 is 2.12 bits per heavy atom. The Hall–Kier alpha value is -3.83. The van der Waals surface area contributed by atoms with Crippen molar-refractivity contribution < 1.29 is 24.5 Å². The molecule has 0 aromatic heterocycles. The minimum Gasteiger partial charge on any atom is -0.508 e. The van der Waals surface area contributed by atoms with Crippen LogP contribution in [0.25, 0.3) is 10.8 Å². The Morgan fingerprint density at radius 1 is 0.781 bits per heavy atom. The Labute approximate surface area is 189 Å². The van der Waals surface area contributed by atoms with Gasteiger partial charge in [0.05, 0.1) is 11.1 Å². The lowest BCUT2D eigenvalue weighted by molar-refractivity contribution is 0.0472. The fraction of sp³-hybridized carbons (Fsp3) is 0.0769. The van der Waals surface area contributed by atoms with Gasteiger partial charge in [-0.3, -0.25) is 0 Å². The lowest BCUT2D eigenvalue weighted by Crippen LogP contribution is -2.05. The maximum atomic E-state index is 12.5. The molecule has 4 aromatic rings. The lowest BCUT2D eigenvalue weighted by Gasteiger charge is -2.10. The standard InChI is InChI=1S/C26H19ClO5/c27-23-9-3-17(4-10-23)15-32-26(31)20-8-7-19-14-24(28)22(13-21(19)12-20)11-16-1-5-18(6-2-16)25(29)30/h1-10,12-14,28H,11,15H2,(H,29,30). The van der Waals surface area contributed by atoms with Crippen molar-refractivity contribution in [2.45, 2.75) is 13.0 Å². The first-order valence-corrected chi connectivity index (χ1v) is 10.3. The predicted octanol–water partition coefficient (Wildman–Crippen LogP) is 5.84. The van der Waals surface area contributed by atoms with Crippen molar-refractivity contribution in [3.63, 3.8) is 0 Å². The number of esters is 1. The molecule has 0 spiro atoms. The highest BCUT2D eigenvalue weighted by Gasteiger charge is 2.11. The van der Waals surface area contributed by atoms with E-state index >= 15 is 0 Å². The first-order chi connectivity index (χ1) is 15.4. The molecule has 0 unspecified atom stereocenters. The van der Waals surface area contributed by atoms with Crippen LogP contribution in [0.15, 0.2) is 78.9 Å². The molecule has 0 aliphatic carbocycles. The second-order valence-electron chi connectivity index (χ2n) is 7.42. The van der Waals surface area contributed by atoms with Gasteiger partial charge in [0.2, 0.25) is 0 Å². The number of phenolic OH excluding ortho intramolecular Hbond substituents is 1. The van der Waals surface area contributed by atoms with E-state index in [-0.39, 0.29) is 17.9 Å². The van der Waals surface area contributed by atoms with Crippen molar-refractivity contribution >= 4 is 34.3 Å². The van der Waals surface area contributed by atoms with Gasteiger partial charge >= 0.3 is 11.9 Å². The highest BCUT2D eigenvalue weighted by Crippen LogP contribution is 2.28. The smallest absolute Gasteiger partial charge is 0.338 e. The summed E-state index contributed by atoms with van der Waals surface area (Å²) in [4.78, 5) is 23.5. The number of ether oxygens (including phenoxy) is 1. The van der Waals surface area contributed by atoms with Gasteiger partial charge < -0.3 is 14.9 Å². The molecule has 0 aliphatic rings. The van der Waals surface area contributed by atoms with E-state index in [2.05, 4.69) is 0 Å². The average Bonchev–Trinajstić information content (AvgIpc) is 2.79. The topological polar surface area (TPSA) is 83.8 Å². The summed E-state index contributed by atoms with van der Waals surface area (Å²) < 4.78 is 5.40. The Bertz CT molecular complexity index is 1290. The molecular formula is C26H19ClO5.